The molecular formula is C38H54ClN5O9S. The predicted molar refractivity (Wildman–Crippen MR) is 203 cm³/mol. The van der Waals surface area contributed by atoms with E-state index in [1.54, 1.807) is 40.7 Å². The summed E-state index contributed by atoms with van der Waals surface area (Å²) in [6.45, 7) is 14.0. The van der Waals surface area contributed by atoms with Crippen LogP contribution in [-0.4, -0.2) is 83.8 Å². The molecule has 16 heteroatoms. The second-order valence-corrected chi connectivity index (χ2v) is 19.5. The van der Waals surface area contributed by atoms with Crippen LogP contribution >= 0.6 is 11.6 Å². The Morgan fingerprint density at radius 1 is 1.06 bits per heavy atom. The Morgan fingerprint density at radius 2 is 1.74 bits per heavy atom. The monoisotopic (exact) mass is 791 g/mol. The summed E-state index contributed by atoms with van der Waals surface area (Å²) in [5.41, 5.74) is -0.465. The average Bonchev–Trinajstić information content (AvgIpc) is 3.92. The number of fused-ring (bicyclic) bond motifs is 2. The molecule has 3 fully saturated rings. The molecule has 0 radical (unpaired) electrons. The molecule has 2 saturated carbocycles. The third-order valence-electron chi connectivity index (χ3n) is 10.9. The van der Waals surface area contributed by atoms with E-state index in [1.165, 1.54) is 4.90 Å². The lowest BCUT2D eigenvalue weighted by molar-refractivity contribution is -0.142. The van der Waals surface area contributed by atoms with Crippen LogP contribution in [0, 0.1) is 31.6 Å². The first-order chi connectivity index (χ1) is 25.0. The summed E-state index contributed by atoms with van der Waals surface area (Å²) < 4.78 is 38.7. The van der Waals surface area contributed by atoms with Gasteiger partial charge in [0, 0.05) is 12.3 Å². The molecule has 5 rings (SSSR count). The average molecular weight is 792 g/mol. The zero-order valence-electron chi connectivity index (χ0n) is 32.3. The third kappa shape index (κ3) is 9.32. The Bertz CT molecular complexity index is 1800. The molecule has 0 bridgehead atoms. The first kappa shape index (κ1) is 41.3. The van der Waals surface area contributed by atoms with Crippen molar-refractivity contribution in [2.45, 2.75) is 134 Å². The molecule has 1 saturated heterocycles. The normalized spacial score (nSPS) is 30.3. The van der Waals surface area contributed by atoms with Crippen LogP contribution in [0.15, 0.2) is 24.3 Å². The van der Waals surface area contributed by atoms with Crippen molar-refractivity contribution >= 4 is 57.2 Å². The minimum absolute atomic E-state index is 0.119. The number of carbonyl (C=O) groups excluding carboxylic acids is 5. The Balaban J connectivity index is 1.46. The minimum atomic E-state index is -4.02. The van der Waals surface area contributed by atoms with Crippen LogP contribution < -0.4 is 20.7 Å². The van der Waals surface area contributed by atoms with E-state index < -0.39 is 85.8 Å². The van der Waals surface area contributed by atoms with Gasteiger partial charge in [0.15, 0.2) is 0 Å². The van der Waals surface area contributed by atoms with Crippen LogP contribution in [0.5, 0.6) is 0 Å². The molecule has 1 aromatic carbocycles. The van der Waals surface area contributed by atoms with E-state index in [2.05, 4.69) is 20.7 Å². The van der Waals surface area contributed by atoms with Crippen LogP contribution in [0.1, 0.15) is 97.6 Å². The van der Waals surface area contributed by atoms with Gasteiger partial charge in [-0.3, -0.25) is 24.4 Å². The molecule has 0 aromatic heterocycles. The van der Waals surface area contributed by atoms with Gasteiger partial charge in [0.2, 0.25) is 21.8 Å². The summed E-state index contributed by atoms with van der Waals surface area (Å²) in [5.74, 6) is -2.92. The lowest BCUT2D eigenvalue weighted by Crippen LogP contribution is -2.59. The van der Waals surface area contributed by atoms with Gasteiger partial charge in [0.1, 0.15) is 29.3 Å². The second-order valence-electron chi connectivity index (χ2n) is 16.9. The Labute approximate surface area is 322 Å². The zero-order valence-corrected chi connectivity index (χ0v) is 33.9. The number of carbonyl (C=O) groups is 5. The summed E-state index contributed by atoms with van der Waals surface area (Å²) in [6.07, 6.45) is 3.92. The molecule has 54 heavy (non-hydrogen) atoms. The van der Waals surface area contributed by atoms with Crippen LogP contribution in [0.4, 0.5) is 15.3 Å². The van der Waals surface area contributed by atoms with Crippen LogP contribution in [0.25, 0.3) is 0 Å². The van der Waals surface area contributed by atoms with Crippen molar-refractivity contribution in [1.82, 2.24) is 20.3 Å². The maximum atomic E-state index is 14.6. The number of halogens is 1. The van der Waals surface area contributed by atoms with E-state index in [9.17, 15) is 32.4 Å². The molecule has 4 aliphatic rings. The number of benzene rings is 1. The van der Waals surface area contributed by atoms with Crippen molar-refractivity contribution in [2.24, 2.45) is 17.8 Å². The molecule has 14 nitrogen and oxygen atoms in total. The number of nitrogens with zero attached hydrogens (tertiary/aromatic N) is 1. The summed E-state index contributed by atoms with van der Waals surface area (Å²) in [4.78, 5) is 70.4. The fraction of sp³-hybridized carbons (Fsp3) is 0.658. The van der Waals surface area contributed by atoms with Crippen LogP contribution in [-0.2, 0) is 33.9 Å². The molecular weight excluding hydrogens is 738 g/mol. The predicted octanol–water partition coefficient (Wildman–Crippen LogP) is 5.25. The highest BCUT2D eigenvalue weighted by molar-refractivity contribution is 7.91. The Morgan fingerprint density at radius 3 is 2.37 bits per heavy atom. The molecule has 1 aromatic rings. The molecule has 4 N–H and O–H groups in total. The van der Waals surface area contributed by atoms with Crippen molar-refractivity contribution in [3.8, 4) is 0 Å². The summed E-state index contributed by atoms with van der Waals surface area (Å²) in [7, 11) is -4.02. The number of hydrogen-bond acceptors (Lipinski definition) is 9. The zero-order chi connectivity index (χ0) is 40.0. The van der Waals surface area contributed by atoms with Gasteiger partial charge in [-0.15, -0.1) is 0 Å². The number of alkyl carbamates (subject to hydrolysis) is 1. The third-order valence-corrected chi connectivity index (χ3v) is 13.3. The minimum Gasteiger partial charge on any atom is -0.444 e. The number of allylic oxidation sites excluding steroid dienone is 1. The first-order valence-electron chi connectivity index (χ1n) is 18.6. The first-order valence-corrected chi connectivity index (χ1v) is 20.5. The topological polar surface area (TPSA) is 189 Å². The Hall–Kier alpha value is -3.85. The van der Waals surface area contributed by atoms with E-state index in [0.717, 1.165) is 12.0 Å². The second kappa shape index (κ2) is 15.4. The molecule has 298 valence electrons. The summed E-state index contributed by atoms with van der Waals surface area (Å²) in [6, 6.07) is 1.18. The number of ether oxygens (including phenoxy) is 2. The van der Waals surface area contributed by atoms with Crippen molar-refractivity contribution in [1.29, 1.82) is 0 Å². The van der Waals surface area contributed by atoms with Gasteiger partial charge in [-0.25, -0.2) is 18.0 Å². The fourth-order valence-electron chi connectivity index (χ4n) is 7.39. The number of rotatable bonds is 6. The van der Waals surface area contributed by atoms with E-state index >= 15 is 0 Å². The fourth-order valence-corrected chi connectivity index (χ4v) is 9.07. The number of hydrogen-bond donors (Lipinski definition) is 4. The van der Waals surface area contributed by atoms with Crippen LogP contribution in [0.2, 0.25) is 5.02 Å². The molecule has 7 atom stereocenters. The number of sulfonamides is 1. The SMILES string of the molecule is Cc1cc(C)c(NC(=O)O[C@@H]2C[C@H]3C(=O)N[C@]4(C(=O)NS(=O)(=O)C5(C)CC5)CC4/C=C\CC[C@H](C)C[C@@H](C)[C@H](NC(=O)OC(C)(C)C)C(=O)N3C2)c(Cl)c1. The van der Waals surface area contributed by atoms with Crippen molar-refractivity contribution in [3.05, 3.63) is 40.4 Å². The molecule has 2 aliphatic heterocycles. The van der Waals surface area contributed by atoms with E-state index in [0.29, 0.717) is 42.0 Å². The highest BCUT2D eigenvalue weighted by Crippen LogP contribution is 2.47. The van der Waals surface area contributed by atoms with Gasteiger partial charge in [-0.1, -0.05) is 43.7 Å². The van der Waals surface area contributed by atoms with Crippen molar-refractivity contribution in [3.63, 3.8) is 0 Å². The number of anilines is 1. The summed E-state index contributed by atoms with van der Waals surface area (Å²) in [5, 5.41) is 8.55. The lowest BCUT2D eigenvalue weighted by atomic mass is 9.88. The smallest absolute Gasteiger partial charge is 0.412 e. The van der Waals surface area contributed by atoms with Crippen molar-refractivity contribution < 1.29 is 41.9 Å². The maximum absolute atomic E-state index is 14.6. The number of nitrogens with one attached hydrogen (secondary N) is 4. The standard InChI is InChI=1S/C38H54ClN5O9S/c1-21-11-9-10-12-25-19-38(25,33(47)43-54(50,51)37(8)13-14-37)42-31(45)28-18-26(52-34(48)40-29-23(3)16-22(2)17-27(29)39)20-44(28)32(46)30(24(4)15-21)41-35(49)53-36(5,6)7/h10,12,16-17,21,24-26,28,30H,9,11,13-15,18-20H2,1-8H3,(H,40,48)(H,41,49)(H,42,45)(H,43,47)/b12-10-/t21-,24+,25?,26+,28-,30-,38+/m0/s1. The van der Waals surface area contributed by atoms with Gasteiger partial charge in [-0.2, -0.15) is 0 Å². The van der Waals surface area contributed by atoms with Gasteiger partial charge in [0.25, 0.3) is 5.91 Å². The molecule has 2 aliphatic carbocycles. The van der Waals surface area contributed by atoms with E-state index in [4.69, 9.17) is 21.1 Å². The van der Waals surface area contributed by atoms with Crippen molar-refractivity contribution in [2.75, 3.05) is 11.9 Å². The van der Waals surface area contributed by atoms with Gasteiger partial charge < -0.3 is 25.0 Å². The van der Waals surface area contributed by atoms with Gasteiger partial charge in [0.05, 0.1) is 22.0 Å². The maximum Gasteiger partial charge on any atom is 0.412 e. The van der Waals surface area contributed by atoms with E-state index in [-0.39, 0.29) is 25.3 Å². The van der Waals surface area contributed by atoms with Crippen LogP contribution in [0.3, 0.4) is 0 Å². The number of amides is 5. The molecule has 0 spiro atoms. The number of aryl methyl sites for hydroxylation is 2. The van der Waals surface area contributed by atoms with Gasteiger partial charge >= 0.3 is 12.2 Å². The molecule has 5 amide bonds. The summed E-state index contributed by atoms with van der Waals surface area (Å²) >= 11 is 6.41. The largest absolute Gasteiger partial charge is 0.444 e. The highest BCUT2D eigenvalue weighted by Gasteiger charge is 2.63. The van der Waals surface area contributed by atoms with E-state index in [1.807, 2.05) is 39.0 Å². The van der Waals surface area contributed by atoms with Gasteiger partial charge in [-0.05, 0) is 109 Å². The molecule has 1 unspecified atom stereocenters. The molecule has 2 heterocycles. The lowest BCUT2D eigenvalue weighted by Gasteiger charge is -2.33. The highest BCUT2D eigenvalue weighted by atomic mass is 35.5. The Kier molecular flexibility index (Phi) is 11.7. The quantitative estimate of drug-likeness (QED) is 0.279.